The quantitative estimate of drug-likeness (QED) is 0.315. The van der Waals surface area contributed by atoms with Crippen molar-refractivity contribution in [3.63, 3.8) is 0 Å². The molecule has 2 aromatic heterocycles. The number of phenols is 1. The average Bonchev–Trinajstić information content (AvgIpc) is 3.36. The van der Waals surface area contributed by atoms with Crippen LogP contribution in [0.1, 0.15) is 39.9 Å². The zero-order chi connectivity index (χ0) is 26.0. The van der Waals surface area contributed by atoms with Crippen molar-refractivity contribution >= 4 is 11.6 Å². The number of hydrogen-bond donors (Lipinski definition) is 1. The van der Waals surface area contributed by atoms with Gasteiger partial charge < -0.3 is 14.4 Å². The predicted octanol–water partition coefficient (Wildman–Crippen LogP) is 6.15. The third kappa shape index (κ3) is 5.50. The molecule has 1 aliphatic rings. The van der Waals surface area contributed by atoms with Crippen molar-refractivity contribution in [1.29, 1.82) is 0 Å². The van der Waals surface area contributed by atoms with Crippen LogP contribution in [0.2, 0.25) is 0 Å². The number of carbonyl (C=O) groups excluding carboxylic acids is 1. The van der Waals surface area contributed by atoms with Crippen molar-refractivity contribution in [2.45, 2.75) is 25.4 Å². The van der Waals surface area contributed by atoms with Crippen LogP contribution in [0.5, 0.6) is 5.75 Å². The van der Waals surface area contributed by atoms with Crippen LogP contribution in [0, 0.1) is 5.92 Å². The summed E-state index contributed by atoms with van der Waals surface area (Å²) in [4.78, 5) is 14.9. The number of hydrogen-bond acceptors (Lipinski definition) is 6. The minimum atomic E-state index is -4.57. The highest BCUT2D eigenvalue weighted by Crippen LogP contribution is 2.34. The van der Waals surface area contributed by atoms with Gasteiger partial charge in [0, 0.05) is 31.0 Å². The first-order chi connectivity index (χ1) is 17.8. The highest BCUT2D eigenvalue weighted by atomic mass is 19.4. The van der Waals surface area contributed by atoms with Crippen LogP contribution < -0.4 is 4.90 Å². The van der Waals surface area contributed by atoms with Crippen LogP contribution in [-0.4, -0.2) is 34.2 Å². The lowest BCUT2D eigenvalue weighted by Crippen LogP contribution is -2.37. The summed E-state index contributed by atoms with van der Waals surface area (Å²) in [6, 6.07) is 17.5. The molecule has 1 aliphatic heterocycles. The summed E-state index contributed by atoms with van der Waals surface area (Å²) in [5.74, 6) is 0.481. The second kappa shape index (κ2) is 10.1. The Morgan fingerprint density at radius 1 is 0.973 bits per heavy atom. The molecule has 6 nitrogen and oxygen atoms in total. The van der Waals surface area contributed by atoms with E-state index in [1.165, 1.54) is 18.2 Å². The lowest BCUT2D eigenvalue weighted by atomic mass is 9.87. The fourth-order valence-corrected chi connectivity index (χ4v) is 4.67. The van der Waals surface area contributed by atoms with Gasteiger partial charge in [-0.05, 0) is 60.4 Å². The van der Waals surface area contributed by atoms with E-state index in [9.17, 15) is 23.1 Å². The Labute approximate surface area is 211 Å². The van der Waals surface area contributed by atoms with Crippen LogP contribution in [0.15, 0.2) is 77.4 Å². The van der Waals surface area contributed by atoms with Gasteiger partial charge in [0.15, 0.2) is 17.4 Å². The van der Waals surface area contributed by atoms with E-state index in [2.05, 4.69) is 10.2 Å². The van der Waals surface area contributed by atoms with Crippen molar-refractivity contribution in [2.75, 3.05) is 18.0 Å². The first-order valence-electron chi connectivity index (χ1n) is 11.9. The molecular formula is C28H24F3N3O3. The van der Waals surface area contributed by atoms with Gasteiger partial charge in [0.25, 0.3) is 0 Å². The summed E-state index contributed by atoms with van der Waals surface area (Å²) in [5, 5.41) is 18.2. The first kappa shape index (κ1) is 24.5. The summed E-state index contributed by atoms with van der Waals surface area (Å²) in [6.45, 7) is 0.987. The maximum atomic E-state index is 13.3. The molecule has 9 heteroatoms. The minimum absolute atomic E-state index is 0.210. The number of benzene rings is 2. The number of phenolic OH excluding ortho intramolecular Hbond substituents is 1. The molecule has 37 heavy (non-hydrogen) atoms. The van der Waals surface area contributed by atoms with E-state index >= 15 is 0 Å². The van der Waals surface area contributed by atoms with Crippen molar-refractivity contribution < 1.29 is 27.5 Å². The highest BCUT2D eigenvalue weighted by molar-refractivity contribution is 5.99. The van der Waals surface area contributed by atoms with Crippen LogP contribution in [0.25, 0.3) is 11.5 Å². The molecule has 1 fully saturated rings. The molecule has 1 saturated heterocycles. The molecule has 0 radical (unpaired) electrons. The number of furan rings is 1. The summed E-state index contributed by atoms with van der Waals surface area (Å²) in [7, 11) is 0. The molecule has 0 atom stereocenters. The molecule has 190 valence electrons. The van der Waals surface area contributed by atoms with Crippen molar-refractivity contribution in [2.24, 2.45) is 5.92 Å². The number of nitrogens with zero attached hydrogens (tertiary/aromatic N) is 3. The predicted molar refractivity (Wildman–Crippen MR) is 131 cm³/mol. The maximum absolute atomic E-state index is 13.3. The van der Waals surface area contributed by atoms with E-state index in [0.29, 0.717) is 49.6 Å². The third-order valence-corrected chi connectivity index (χ3v) is 6.56. The number of anilines is 1. The molecule has 0 aliphatic carbocycles. The molecule has 1 N–H and O–H groups in total. The average molecular weight is 508 g/mol. The fraction of sp³-hybridized carbons (Fsp3) is 0.250. The Kier molecular flexibility index (Phi) is 6.69. The van der Waals surface area contributed by atoms with Gasteiger partial charge >= 0.3 is 6.18 Å². The third-order valence-electron chi connectivity index (χ3n) is 6.56. The van der Waals surface area contributed by atoms with Crippen LogP contribution in [-0.2, 0) is 12.6 Å². The van der Waals surface area contributed by atoms with Gasteiger partial charge in [0.1, 0.15) is 11.4 Å². The van der Waals surface area contributed by atoms with Crippen LogP contribution in [0.3, 0.4) is 0 Å². The Hall–Kier alpha value is -4.14. The molecule has 0 amide bonds. The van der Waals surface area contributed by atoms with Gasteiger partial charge in [0.2, 0.25) is 0 Å². The van der Waals surface area contributed by atoms with Crippen LogP contribution in [0.4, 0.5) is 19.0 Å². The number of piperidine rings is 1. The van der Waals surface area contributed by atoms with Gasteiger partial charge in [0.05, 0.1) is 11.8 Å². The molecule has 0 saturated carbocycles. The SMILES string of the molecule is O=C(c1ccccc1C(F)(F)F)C1CCN(c2ccc(-c3cc(Cc4cccc(O)c4)co3)nn2)CC1. The van der Waals surface area contributed by atoms with Crippen molar-refractivity contribution in [3.05, 3.63) is 95.2 Å². The maximum Gasteiger partial charge on any atom is 0.417 e. The van der Waals surface area contributed by atoms with E-state index in [1.54, 1.807) is 30.5 Å². The second-order valence-corrected chi connectivity index (χ2v) is 9.11. The molecule has 2 aromatic carbocycles. The van der Waals surface area contributed by atoms with Gasteiger partial charge in [-0.15, -0.1) is 10.2 Å². The zero-order valence-electron chi connectivity index (χ0n) is 19.8. The molecule has 0 bridgehead atoms. The lowest BCUT2D eigenvalue weighted by Gasteiger charge is -2.32. The van der Waals surface area contributed by atoms with Crippen LogP contribution >= 0.6 is 0 Å². The normalized spacial score (nSPS) is 14.6. The largest absolute Gasteiger partial charge is 0.508 e. The molecule has 3 heterocycles. The Morgan fingerprint density at radius 2 is 1.76 bits per heavy atom. The first-order valence-corrected chi connectivity index (χ1v) is 11.9. The number of rotatable bonds is 6. The van der Waals surface area contributed by atoms with Crippen molar-refractivity contribution in [3.8, 4) is 17.2 Å². The Morgan fingerprint density at radius 3 is 2.46 bits per heavy atom. The monoisotopic (exact) mass is 507 g/mol. The number of alkyl halides is 3. The molecule has 0 unspecified atom stereocenters. The number of Topliss-reactive ketones (excluding diaryl/α,β-unsaturated/α-hetero) is 1. The number of aromatic hydroxyl groups is 1. The summed E-state index contributed by atoms with van der Waals surface area (Å²) >= 11 is 0. The molecular weight excluding hydrogens is 483 g/mol. The Balaban J connectivity index is 1.21. The van der Waals surface area contributed by atoms with Gasteiger partial charge in [-0.3, -0.25) is 4.79 Å². The second-order valence-electron chi connectivity index (χ2n) is 9.11. The minimum Gasteiger partial charge on any atom is -0.508 e. The van der Waals surface area contributed by atoms with Gasteiger partial charge in [-0.1, -0.05) is 30.3 Å². The van der Waals surface area contributed by atoms with Crippen molar-refractivity contribution in [1.82, 2.24) is 10.2 Å². The summed E-state index contributed by atoms with van der Waals surface area (Å²) in [6.07, 6.45) is -1.45. The lowest BCUT2D eigenvalue weighted by molar-refractivity contribution is -0.137. The van der Waals surface area contributed by atoms with E-state index in [-0.39, 0.29) is 11.3 Å². The summed E-state index contributed by atoms with van der Waals surface area (Å²) in [5.41, 5.74) is 1.31. The Bertz CT molecular complexity index is 1390. The zero-order valence-corrected chi connectivity index (χ0v) is 19.8. The van der Waals surface area contributed by atoms with Gasteiger partial charge in [-0.2, -0.15) is 13.2 Å². The topological polar surface area (TPSA) is 79.5 Å². The molecule has 0 spiro atoms. The van der Waals surface area contributed by atoms with E-state index in [1.807, 2.05) is 23.1 Å². The smallest absolute Gasteiger partial charge is 0.417 e. The van der Waals surface area contributed by atoms with E-state index in [0.717, 1.165) is 17.2 Å². The fourth-order valence-electron chi connectivity index (χ4n) is 4.67. The van der Waals surface area contributed by atoms with E-state index in [4.69, 9.17) is 4.42 Å². The molecule has 5 rings (SSSR count). The summed E-state index contributed by atoms with van der Waals surface area (Å²) < 4.78 is 45.7. The molecule has 4 aromatic rings. The number of ketones is 1. The van der Waals surface area contributed by atoms with Gasteiger partial charge in [-0.25, -0.2) is 0 Å². The van der Waals surface area contributed by atoms with E-state index < -0.39 is 23.4 Å². The standard InChI is InChI=1S/C28H24F3N3O3/c29-28(30,31)23-7-2-1-6-22(23)27(36)20-10-12-34(13-11-20)26-9-8-24(32-33-26)25-16-19(17-37-25)14-18-4-3-5-21(35)15-18/h1-9,15-17,20,35H,10-14H2. The number of carbonyl (C=O) groups is 1. The highest BCUT2D eigenvalue weighted by Gasteiger charge is 2.37. The number of halogens is 3. The number of aromatic nitrogens is 2.